The summed E-state index contributed by atoms with van der Waals surface area (Å²) in [6, 6.07) is 4.72. The molecule has 2 aromatic rings. The van der Waals surface area contributed by atoms with E-state index in [0.717, 1.165) is 24.3 Å². The van der Waals surface area contributed by atoms with Crippen LogP contribution in [0.5, 0.6) is 0 Å². The third-order valence-corrected chi connectivity index (χ3v) is 3.31. The Morgan fingerprint density at radius 2 is 2.17 bits per heavy atom. The molecule has 2 rings (SSSR count). The van der Waals surface area contributed by atoms with E-state index in [0.29, 0.717) is 17.3 Å². The number of hydrogen-bond acceptors (Lipinski definition) is 1. The molecule has 0 fully saturated rings. The molecule has 1 aromatic heterocycles. The molecule has 0 amide bonds. The summed E-state index contributed by atoms with van der Waals surface area (Å²) in [5.74, 6) is 1.62. The molecule has 4 heteroatoms. The fourth-order valence-electron chi connectivity index (χ4n) is 2.16. The zero-order valence-corrected chi connectivity index (χ0v) is 11.5. The third kappa shape index (κ3) is 2.83. The second kappa shape index (κ2) is 5.70. The third-order valence-electron chi connectivity index (χ3n) is 3.07. The van der Waals surface area contributed by atoms with Crippen molar-refractivity contribution in [1.29, 1.82) is 0 Å². The molecule has 0 aliphatic rings. The molecule has 98 valence electrons. The molecule has 18 heavy (non-hydrogen) atoms. The van der Waals surface area contributed by atoms with Crippen LogP contribution in [-0.2, 0) is 12.4 Å². The average molecular weight is 269 g/mol. The fourth-order valence-corrected chi connectivity index (χ4v) is 2.37. The van der Waals surface area contributed by atoms with Crippen molar-refractivity contribution in [3.63, 3.8) is 0 Å². The summed E-state index contributed by atoms with van der Waals surface area (Å²) >= 11 is 5.91. The molecule has 0 aliphatic heterocycles. The molecule has 1 aromatic carbocycles. The lowest BCUT2D eigenvalue weighted by Gasteiger charge is -2.09. The van der Waals surface area contributed by atoms with Crippen molar-refractivity contribution >= 4 is 22.6 Å². The van der Waals surface area contributed by atoms with Gasteiger partial charge in [0.2, 0.25) is 0 Å². The van der Waals surface area contributed by atoms with Crippen LogP contribution in [0.15, 0.2) is 18.2 Å². The molecule has 0 atom stereocenters. The van der Waals surface area contributed by atoms with Crippen LogP contribution in [0.4, 0.5) is 4.39 Å². The number of fused-ring (bicyclic) bond motifs is 1. The average Bonchev–Trinajstić information content (AvgIpc) is 2.66. The van der Waals surface area contributed by atoms with E-state index in [4.69, 9.17) is 11.6 Å². The number of imidazole rings is 1. The Morgan fingerprint density at radius 3 is 2.83 bits per heavy atom. The number of alkyl halides is 1. The summed E-state index contributed by atoms with van der Waals surface area (Å²) in [5, 5.41) is 0. The normalized spacial score (nSPS) is 11.6. The van der Waals surface area contributed by atoms with Gasteiger partial charge < -0.3 is 4.57 Å². The van der Waals surface area contributed by atoms with Crippen molar-refractivity contribution in [1.82, 2.24) is 9.55 Å². The van der Waals surface area contributed by atoms with Crippen molar-refractivity contribution in [2.75, 3.05) is 0 Å². The van der Waals surface area contributed by atoms with Crippen LogP contribution in [0, 0.1) is 11.7 Å². The zero-order chi connectivity index (χ0) is 13.1. The summed E-state index contributed by atoms with van der Waals surface area (Å²) in [7, 11) is 0. The topological polar surface area (TPSA) is 17.8 Å². The van der Waals surface area contributed by atoms with Crippen molar-refractivity contribution in [3.8, 4) is 0 Å². The number of rotatable bonds is 5. The van der Waals surface area contributed by atoms with Crippen LogP contribution in [0.2, 0.25) is 0 Å². The fraction of sp³-hybridized carbons (Fsp3) is 0.500. The number of benzene rings is 1. The van der Waals surface area contributed by atoms with Gasteiger partial charge in [0.1, 0.15) is 11.6 Å². The number of aryl methyl sites for hydroxylation is 1. The van der Waals surface area contributed by atoms with Gasteiger partial charge in [0.15, 0.2) is 0 Å². The molecular formula is C14H18ClFN2. The summed E-state index contributed by atoms with van der Waals surface area (Å²) < 4.78 is 15.3. The van der Waals surface area contributed by atoms with Gasteiger partial charge in [-0.25, -0.2) is 9.37 Å². The largest absolute Gasteiger partial charge is 0.327 e. The maximum absolute atomic E-state index is 13.2. The van der Waals surface area contributed by atoms with Gasteiger partial charge in [-0.1, -0.05) is 13.8 Å². The van der Waals surface area contributed by atoms with Crippen LogP contribution in [0.3, 0.4) is 0 Å². The zero-order valence-electron chi connectivity index (χ0n) is 10.8. The van der Waals surface area contributed by atoms with E-state index < -0.39 is 0 Å². The lowest BCUT2D eigenvalue weighted by molar-refractivity contribution is 0.512. The van der Waals surface area contributed by atoms with Crippen LogP contribution >= 0.6 is 11.6 Å². The maximum atomic E-state index is 13.2. The first-order valence-electron chi connectivity index (χ1n) is 6.32. The van der Waals surface area contributed by atoms with E-state index in [1.165, 1.54) is 18.6 Å². The van der Waals surface area contributed by atoms with Crippen molar-refractivity contribution in [3.05, 3.63) is 29.8 Å². The molecule has 0 saturated heterocycles. The SMILES string of the molecule is CC(C)CCCn1c(CCl)nc2cc(F)ccc21. The summed E-state index contributed by atoms with van der Waals surface area (Å²) in [4.78, 5) is 4.38. The summed E-state index contributed by atoms with van der Waals surface area (Å²) in [6.45, 7) is 5.32. The van der Waals surface area contributed by atoms with Gasteiger partial charge in [0.25, 0.3) is 0 Å². The van der Waals surface area contributed by atoms with Gasteiger partial charge in [0, 0.05) is 12.6 Å². The quantitative estimate of drug-likeness (QED) is 0.737. The molecule has 2 nitrogen and oxygen atoms in total. The highest BCUT2D eigenvalue weighted by Crippen LogP contribution is 2.20. The Morgan fingerprint density at radius 1 is 1.39 bits per heavy atom. The number of nitrogens with zero attached hydrogens (tertiary/aromatic N) is 2. The summed E-state index contributed by atoms with van der Waals surface area (Å²) in [6.07, 6.45) is 2.26. The molecule has 1 heterocycles. The standard InChI is InChI=1S/C14H18ClFN2/c1-10(2)4-3-7-18-13-6-5-11(16)8-12(13)17-14(18)9-15/h5-6,8,10H,3-4,7,9H2,1-2H3. The highest BCUT2D eigenvalue weighted by molar-refractivity contribution is 6.16. The van der Waals surface area contributed by atoms with Crippen molar-refractivity contribution in [2.45, 2.75) is 39.1 Å². The first kappa shape index (κ1) is 13.3. The molecule has 0 saturated carbocycles. The molecule has 0 unspecified atom stereocenters. The van der Waals surface area contributed by atoms with Crippen LogP contribution < -0.4 is 0 Å². The van der Waals surface area contributed by atoms with E-state index in [2.05, 4.69) is 23.4 Å². The smallest absolute Gasteiger partial charge is 0.125 e. The highest BCUT2D eigenvalue weighted by atomic mass is 35.5. The molecule has 0 bridgehead atoms. The lowest BCUT2D eigenvalue weighted by atomic mass is 10.1. The number of aromatic nitrogens is 2. The molecule has 0 spiro atoms. The monoisotopic (exact) mass is 268 g/mol. The van der Waals surface area contributed by atoms with Crippen LogP contribution in [0.1, 0.15) is 32.5 Å². The predicted octanol–water partition coefficient (Wildman–Crippen LogP) is 4.35. The van der Waals surface area contributed by atoms with Crippen LogP contribution in [-0.4, -0.2) is 9.55 Å². The van der Waals surface area contributed by atoms with Crippen LogP contribution in [0.25, 0.3) is 11.0 Å². The Kier molecular flexibility index (Phi) is 4.23. The summed E-state index contributed by atoms with van der Waals surface area (Å²) in [5.41, 5.74) is 1.66. The lowest BCUT2D eigenvalue weighted by Crippen LogP contribution is -2.03. The molecule has 0 N–H and O–H groups in total. The first-order valence-corrected chi connectivity index (χ1v) is 6.86. The number of hydrogen-bond donors (Lipinski definition) is 0. The van der Waals surface area contributed by atoms with Gasteiger partial charge in [-0.05, 0) is 30.9 Å². The Hall–Kier alpha value is -1.09. The van der Waals surface area contributed by atoms with E-state index >= 15 is 0 Å². The van der Waals surface area contributed by atoms with Gasteiger partial charge >= 0.3 is 0 Å². The number of halogens is 2. The van der Waals surface area contributed by atoms with E-state index in [1.807, 2.05) is 0 Å². The van der Waals surface area contributed by atoms with Crippen molar-refractivity contribution < 1.29 is 4.39 Å². The molecule has 0 aliphatic carbocycles. The van der Waals surface area contributed by atoms with Gasteiger partial charge in [-0.2, -0.15) is 0 Å². The minimum atomic E-state index is -0.254. The second-order valence-corrected chi connectivity index (χ2v) is 5.25. The first-order chi connectivity index (χ1) is 8.61. The van der Waals surface area contributed by atoms with Crippen molar-refractivity contribution in [2.24, 2.45) is 5.92 Å². The maximum Gasteiger partial charge on any atom is 0.125 e. The highest BCUT2D eigenvalue weighted by Gasteiger charge is 2.10. The minimum Gasteiger partial charge on any atom is -0.327 e. The second-order valence-electron chi connectivity index (χ2n) is 4.98. The molecule has 0 radical (unpaired) electrons. The Balaban J connectivity index is 2.29. The Labute approximate surface area is 112 Å². The van der Waals surface area contributed by atoms with Gasteiger partial charge in [-0.15, -0.1) is 11.6 Å². The van der Waals surface area contributed by atoms with Gasteiger partial charge in [0.05, 0.1) is 16.9 Å². The predicted molar refractivity (Wildman–Crippen MR) is 73.3 cm³/mol. The minimum absolute atomic E-state index is 0.254. The Bertz CT molecular complexity index is 534. The van der Waals surface area contributed by atoms with E-state index in [-0.39, 0.29) is 5.82 Å². The molecular weight excluding hydrogens is 251 g/mol. The van der Waals surface area contributed by atoms with Gasteiger partial charge in [-0.3, -0.25) is 0 Å². The van der Waals surface area contributed by atoms with E-state index in [1.54, 1.807) is 6.07 Å². The van der Waals surface area contributed by atoms with E-state index in [9.17, 15) is 4.39 Å².